The molecule has 0 unspecified atom stereocenters. The minimum atomic E-state index is -2.29. The lowest BCUT2D eigenvalue weighted by Crippen LogP contribution is -2.47. The smallest absolute Gasteiger partial charge is 0.251 e. The summed E-state index contributed by atoms with van der Waals surface area (Å²) in [6.07, 6.45) is -2.29. The van der Waals surface area contributed by atoms with Gasteiger partial charge in [0.2, 0.25) is 0 Å². The molecule has 19 heavy (non-hydrogen) atoms. The Bertz CT molecular complexity index is 479. The van der Waals surface area contributed by atoms with Gasteiger partial charge in [-0.05, 0) is 18.2 Å². The third-order valence-corrected chi connectivity index (χ3v) is 3.50. The Hall–Kier alpha value is -1.38. The van der Waals surface area contributed by atoms with Crippen LogP contribution in [-0.4, -0.2) is 44.0 Å². The summed E-state index contributed by atoms with van der Waals surface area (Å²) in [6.45, 7) is 2.26. The third-order valence-electron chi connectivity index (χ3n) is 3.18. The number of rotatable bonds is 3. The average molecular weight is 286 g/mol. The summed E-state index contributed by atoms with van der Waals surface area (Å²) < 4.78 is 24.6. The van der Waals surface area contributed by atoms with Gasteiger partial charge in [0.25, 0.3) is 6.43 Å². The number of alkyl halides is 2. The molecule has 0 aromatic heterocycles. The zero-order valence-electron chi connectivity index (χ0n) is 10.3. The van der Waals surface area contributed by atoms with E-state index in [9.17, 15) is 8.78 Å². The van der Waals surface area contributed by atoms with Crippen molar-refractivity contribution in [1.29, 1.82) is 5.26 Å². The van der Waals surface area contributed by atoms with Crippen molar-refractivity contribution in [3.05, 3.63) is 28.8 Å². The molecule has 0 amide bonds. The molecule has 102 valence electrons. The first kappa shape index (κ1) is 14.0. The molecule has 0 spiro atoms. The number of hydrogen-bond acceptors (Lipinski definition) is 3. The lowest BCUT2D eigenvalue weighted by Gasteiger charge is -2.36. The molecule has 1 saturated heterocycles. The summed E-state index contributed by atoms with van der Waals surface area (Å²) in [5, 5.41) is 9.47. The lowest BCUT2D eigenvalue weighted by molar-refractivity contribution is 0.0854. The van der Waals surface area contributed by atoms with Crippen molar-refractivity contribution >= 4 is 17.3 Å². The molecule has 0 radical (unpaired) electrons. The predicted molar refractivity (Wildman–Crippen MR) is 70.8 cm³/mol. The largest absolute Gasteiger partial charge is 0.368 e. The quantitative estimate of drug-likeness (QED) is 0.855. The Labute approximate surface area is 116 Å². The third kappa shape index (κ3) is 3.55. The van der Waals surface area contributed by atoms with Crippen molar-refractivity contribution in [2.75, 3.05) is 37.6 Å². The summed E-state index contributed by atoms with van der Waals surface area (Å²) in [5.41, 5.74) is 1.35. The van der Waals surface area contributed by atoms with Gasteiger partial charge in [-0.2, -0.15) is 5.26 Å². The molecular weight excluding hydrogens is 272 g/mol. The molecule has 1 aromatic rings. The fourth-order valence-corrected chi connectivity index (χ4v) is 2.43. The number of benzene rings is 1. The highest BCUT2D eigenvalue weighted by molar-refractivity contribution is 6.33. The Morgan fingerprint density at radius 1 is 1.26 bits per heavy atom. The molecule has 1 fully saturated rings. The summed E-state index contributed by atoms with van der Waals surface area (Å²) in [6, 6.07) is 7.18. The van der Waals surface area contributed by atoms with Crippen LogP contribution in [0.15, 0.2) is 18.2 Å². The summed E-state index contributed by atoms with van der Waals surface area (Å²) in [7, 11) is 0. The van der Waals surface area contributed by atoms with Crippen molar-refractivity contribution in [2.24, 2.45) is 0 Å². The van der Waals surface area contributed by atoms with E-state index in [1.54, 1.807) is 23.1 Å². The van der Waals surface area contributed by atoms with E-state index in [-0.39, 0.29) is 6.54 Å². The van der Waals surface area contributed by atoms with Gasteiger partial charge in [0.05, 0.1) is 28.9 Å². The highest BCUT2D eigenvalue weighted by atomic mass is 35.5. The van der Waals surface area contributed by atoms with Crippen molar-refractivity contribution in [3.63, 3.8) is 0 Å². The van der Waals surface area contributed by atoms with E-state index in [0.29, 0.717) is 36.8 Å². The summed E-state index contributed by atoms with van der Waals surface area (Å²) in [5.74, 6) is 0. The molecule has 1 aromatic carbocycles. The molecule has 3 nitrogen and oxygen atoms in total. The van der Waals surface area contributed by atoms with Crippen LogP contribution < -0.4 is 4.90 Å². The van der Waals surface area contributed by atoms with Gasteiger partial charge in [-0.25, -0.2) is 8.78 Å². The van der Waals surface area contributed by atoms with Gasteiger partial charge in [0.1, 0.15) is 0 Å². The Kier molecular flexibility index (Phi) is 4.56. The number of anilines is 1. The van der Waals surface area contributed by atoms with Crippen LogP contribution in [0, 0.1) is 11.3 Å². The average Bonchev–Trinajstić information content (AvgIpc) is 2.40. The molecule has 0 saturated carbocycles. The second kappa shape index (κ2) is 6.18. The Morgan fingerprint density at radius 3 is 2.53 bits per heavy atom. The van der Waals surface area contributed by atoms with Gasteiger partial charge >= 0.3 is 0 Å². The molecule has 0 aliphatic carbocycles. The van der Waals surface area contributed by atoms with Gasteiger partial charge in [-0.15, -0.1) is 0 Å². The number of nitrogens with zero attached hydrogens (tertiary/aromatic N) is 3. The maximum absolute atomic E-state index is 12.3. The normalized spacial score (nSPS) is 16.7. The van der Waals surface area contributed by atoms with Gasteiger partial charge in [-0.1, -0.05) is 11.6 Å². The van der Waals surface area contributed by atoms with E-state index in [1.165, 1.54) is 0 Å². The maximum atomic E-state index is 12.3. The fourth-order valence-electron chi connectivity index (χ4n) is 2.19. The Balaban J connectivity index is 2.03. The monoisotopic (exact) mass is 285 g/mol. The summed E-state index contributed by atoms with van der Waals surface area (Å²) >= 11 is 6.12. The van der Waals surface area contributed by atoms with Crippen LogP contribution in [0.3, 0.4) is 0 Å². The standard InChI is InChI=1S/C13H14ClF2N3/c14-11-2-1-10(8-17)7-12(11)19-5-3-18(4-6-19)9-13(15)16/h1-2,7,13H,3-6,9H2. The first-order valence-electron chi connectivity index (χ1n) is 6.05. The molecule has 0 atom stereocenters. The highest BCUT2D eigenvalue weighted by Crippen LogP contribution is 2.27. The fraction of sp³-hybridized carbons (Fsp3) is 0.462. The second-order valence-corrected chi connectivity index (χ2v) is 4.86. The van der Waals surface area contributed by atoms with Crippen LogP contribution >= 0.6 is 11.6 Å². The molecule has 1 aliphatic heterocycles. The van der Waals surface area contributed by atoms with Crippen molar-refractivity contribution in [2.45, 2.75) is 6.43 Å². The SMILES string of the molecule is N#Cc1ccc(Cl)c(N2CCN(CC(F)F)CC2)c1. The van der Waals surface area contributed by atoms with E-state index in [4.69, 9.17) is 16.9 Å². The first-order valence-corrected chi connectivity index (χ1v) is 6.43. The van der Waals surface area contributed by atoms with E-state index in [2.05, 4.69) is 6.07 Å². The van der Waals surface area contributed by atoms with Crippen LogP contribution in [0.1, 0.15) is 5.56 Å². The molecular formula is C13H14ClF2N3. The first-order chi connectivity index (χ1) is 9.10. The second-order valence-electron chi connectivity index (χ2n) is 4.46. The van der Waals surface area contributed by atoms with E-state index in [1.807, 2.05) is 4.90 Å². The molecule has 0 bridgehead atoms. The van der Waals surface area contributed by atoms with Gasteiger partial charge in [0.15, 0.2) is 0 Å². The minimum absolute atomic E-state index is 0.181. The van der Waals surface area contributed by atoms with Gasteiger partial charge < -0.3 is 4.90 Å². The number of nitriles is 1. The van der Waals surface area contributed by atoms with Crippen molar-refractivity contribution in [3.8, 4) is 6.07 Å². The number of hydrogen-bond donors (Lipinski definition) is 0. The lowest BCUT2D eigenvalue weighted by atomic mass is 10.2. The van der Waals surface area contributed by atoms with Crippen LogP contribution in [0.25, 0.3) is 0 Å². The van der Waals surface area contributed by atoms with Crippen LogP contribution in [0.4, 0.5) is 14.5 Å². The number of piperazine rings is 1. The van der Waals surface area contributed by atoms with E-state index < -0.39 is 6.43 Å². The molecule has 2 rings (SSSR count). The van der Waals surface area contributed by atoms with Gasteiger partial charge in [-0.3, -0.25) is 4.90 Å². The van der Waals surface area contributed by atoms with E-state index >= 15 is 0 Å². The molecule has 1 aliphatic rings. The number of halogens is 3. The Morgan fingerprint density at radius 2 is 1.95 bits per heavy atom. The van der Waals surface area contributed by atoms with Crippen LogP contribution in [0.2, 0.25) is 5.02 Å². The zero-order chi connectivity index (χ0) is 13.8. The zero-order valence-corrected chi connectivity index (χ0v) is 11.1. The van der Waals surface area contributed by atoms with E-state index in [0.717, 1.165) is 5.69 Å². The molecule has 6 heteroatoms. The topological polar surface area (TPSA) is 30.3 Å². The molecule has 0 N–H and O–H groups in total. The minimum Gasteiger partial charge on any atom is -0.368 e. The maximum Gasteiger partial charge on any atom is 0.251 e. The van der Waals surface area contributed by atoms with Crippen molar-refractivity contribution in [1.82, 2.24) is 4.90 Å². The van der Waals surface area contributed by atoms with Crippen molar-refractivity contribution < 1.29 is 8.78 Å². The van der Waals surface area contributed by atoms with Crippen LogP contribution in [0.5, 0.6) is 0 Å². The highest BCUT2D eigenvalue weighted by Gasteiger charge is 2.21. The summed E-state index contributed by atoms with van der Waals surface area (Å²) in [4.78, 5) is 3.77. The molecule has 1 heterocycles. The van der Waals surface area contributed by atoms with Gasteiger partial charge in [0, 0.05) is 26.2 Å². The predicted octanol–water partition coefficient (Wildman–Crippen LogP) is 2.60. The van der Waals surface area contributed by atoms with Crippen LogP contribution in [-0.2, 0) is 0 Å².